The van der Waals surface area contributed by atoms with Gasteiger partial charge in [-0.3, -0.25) is 0 Å². The fourth-order valence-electron chi connectivity index (χ4n) is 5.27. The number of sulfone groups is 1. The second-order valence-electron chi connectivity index (χ2n) is 9.46. The van der Waals surface area contributed by atoms with Gasteiger partial charge in [0.15, 0.2) is 9.84 Å². The zero-order valence-corrected chi connectivity index (χ0v) is 22.3. The highest BCUT2D eigenvalue weighted by molar-refractivity contribution is 7.93. The molecule has 0 saturated heterocycles. The molecule has 0 bridgehead atoms. The van der Waals surface area contributed by atoms with E-state index in [1.54, 1.807) is 11.3 Å². The summed E-state index contributed by atoms with van der Waals surface area (Å²) in [5, 5.41) is 11.8. The van der Waals surface area contributed by atoms with Crippen LogP contribution in [0.15, 0.2) is 70.3 Å². The molecule has 0 unspecified atom stereocenters. The van der Waals surface area contributed by atoms with Gasteiger partial charge in [0.25, 0.3) is 0 Å². The topological polar surface area (TPSA) is 34.1 Å². The van der Waals surface area contributed by atoms with E-state index in [4.69, 9.17) is 0 Å². The lowest BCUT2D eigenvalue weighted by Crippen LogP contribution is -2.04. The molecule has 0 amide bonds. The van der Waals surface area contributed by atoms with E-state index < -0.39 is 9.84 Å². The number of benzene rings is 4. The molecule has 0 saturated carbocycles. The van der Waals surface area contributed by atoms with Crippen LogP contribution in [0.3, 0.4) is 0 Å². The van der Waals surface area contributed by atoms with E-state index >= 15 is 0 Å². The van der Waals surface area contributed by atoms with Gasteiger partial charge in [-0.1, -0.05) is 87.6 Å². The summed E-state index contributed by atoms with van der Waals surface area (Å²) in [7, 11) is -3.25. The molecule has 0 aliphatic heterocycles. The summed E-state index contributed by atoms with van der Waals surface area (Å²) in [4.78, 5) is 0. The Morgan fingerprint density at radius 1 is 0.629 bits per heavy atom. The molecular formula is C30H28O2S3. The molecule has 6 aromatic rings. The largest absolute Gasteiger partial charge is 0.223 e. The molecule has 4 aromatic carbocycles. The summed E-state index contributed by atoms with van der Waals surface area (Å²) in [5.74, 6) is 0.246. The Morgan fingerprint density at radius 3 is 1.94 bits per heavy atom. The number of hydrogen-bond donors (Lipinski definition) is 0. The van der Waals surface area contributed by atoms with Gasteiger partial charge in [-0.05, 0) is 56.3 Å². The van der Waals surface area contributed by atoms with E-state index in [1.807, 2.05) is 6.07 Å². The maximum Gasteiger partial charge on any atom is 0.187 e. The zero-order valence-electron chi connectivity index (χ0n) is 19.8. The van der Waals surface area contributed by atoms with E-state index in [0.717, 1.165) is 34.7 Å². The van der Waals surface area contributed by atoms with Crippen LogP contribution in [-0.2, 0) is 9.84 Å². The molecule has 5 heteroatoms. The molecule has 2 heterocycles. The predicted octanol–water partition coefficient (Wildman–Crippen LogP) is 9.71. The summed E-state index contributed by atoms with van der Waals surface area (Å²) in [6.07, 6.45) is 6.51. The van der Waals surface area contributed by atoms with Gasteiger partial charge in [-0.15, -0.1) is 22.7 Å². The number of rotatable bonds is 8. The third-order valence-electron chi connectivity index (χ3n) is 7.14. The van der Waals surface area contributed by atoms with E-state index in [0.29, 0.717) is 4.21 Å². The monoisotopic (exact) mass is 516 g/mol. The first-order valence-corrected chi connectivity index (χ1v) is 15.8. The molecule has 0 aliphatic rings. The highest BCUT2D eigenvalue weighted by Crippen LogP contribution is 2.40. The van der Waals surface area contributed by atoms with Crippen LogP contribution in [0.1, 0.15) is 45.4 Å². The van der Waals surface area contributed by atoms with Crippen LogP contribution >= 0.6 is 22.7 Å². The van der Waals surface area contributed by atoms with Crippen LogP contribution in [0, 0.1) is 0 Å². The minimum Gasteiger partial charge on any atom is -0.223 e. The quantitative estimate of drug-likeness (QED) is 0.149. The molecule has 0 fully saturated rings. The first kappa shape index (κ1) is 23.0. The Balaban J connectivity index is 1.40. The first-order chi connectivity index (χ1) is 17.1. The van der Waals surface area contributed by atoms with Gasteiger partial charge >= 0.3 is 0 Å². The van der Waals surface area contributed by atoms with Crippen molar-refractivity contribution in [1.29, 1.82) is 0 Å². The Kier molecular flexibility index (Phi) is 6.03. The van der Waals surface area contributed by atoms with Crippen molar-refractivity contribution in [2.75, 3.05) is 5.75 Å². The van der Waals surface area contributed by atoms with Gasteiger partial charge < -0.3 is 0 Å². The molecular weight excluding hydrogens is 489 g/mol. The van der Waals surface area contributed by atoms with Crippen LogP contribution < -0.4 is 0 Å². The molecule has 0 aliphatic carbocycles. The standard InChI is InChI=1S/C30H28O2S3/c1-2-3-4-5-6-7-18-35(31,32)28-19-21-9-11-25-23-12-14-26-24(10-8-20-16-17-33-29(20)26)22(23)13-15-27(25)30(21)34-28/h8-17,19H,2-7,18H2,1H3. The van der Waals surface area contributed by atoms with Crippen LogP contribution in [0.5, 0.6) is 0 Å². The Bertz CT molecular complexity index is 1810. The van der Waals surface area contributed by atoms with Crippen molar-refractivity contribution < 1.29 is 8.42 Å². The van der Waals surface area contributed by atoms with Crippen LogP contribution in [0.2, 0.25) is 0 Å². The van der Waals surface area contributed by atoms with Gasteiger partial charge in [-0.25, -0.2) is 8.42 Å². The fraction of sp³-hybridized carbons (Fsp3) is 0.267. The van der Waals surface area contributed by atoms with Crippen molar-refractivity contribution in [3.8, 4) is 0 Å². The minimum atomic E-state index is -3.25. The van der Waals surface area contributed by atoms with Crippen LogP contribution in [-0.4, -0.2) is 14.2 Å². The van der Waals surface area contributed by atoms with E-state index in [1.165, 1.54) is 67.6 Å². The minimum absolute atomic E-state index is 0.246. The summed E-state index contributed by atoms with van der Waals surface area (Å²) in [6, 6.07) is 21.6. The molecule has 0 N–H and O–H groups in total. The highest BCUT2D eigenvalue weighted by Gasteiger charge is 2.19. The molecule has 35 heavy (non-hydrogen) atoms. The zero-order chi connectivity index (χ0) is 24.0. The Morgan fingerprint density at radius 2 is 1.20 bits per heavy atom. The second kappa shape index (κ2) is 9.20. The molecule has 6 rings (SSSR count). The van der Waals surface area contributed by atoms with Gasteiger partial charge in [0, 0.05) is 20.2 Å². The lowest BCUT2D eigenvalue weighted by molar-refractivity contribution is 0.585. The molecule has 0 atom stereocenters. The smallest absolute Gasteiger partial charge is 0.187 e. The number of hydrogen-bond acceptors (Lipinski definition) is 4. The van der Waals surface area contributed by atoms with Gasteiger partial charge in [0.1, 0.15) is 4.21 Å². The molecule has 2 nitrogen and oxygen atoms in total. The Labute approximate surface area is 214 Å². The second-order valence-corrected chi connectivity index (χ2v) is 13.8. The van der Waals surface area contributed by atoms with Gasteiger partial charge in [0.05, 0.1) is 5.75 Å². The predicted molar refractivity (Wildman–Crippen MR) is 155 cm³/mol. The molecule has 0 radical (unpaired) electrons. The van der Waals surface area contributed by atoms with E-state index in [9.17, 15) is 8.42 Å². The van der Waals surface area contributed by atoms with Crippen molar-refractivity contribution >= 4 is 85.0 Å². The van der Waals surface area contributed by atoms with Gasteiger partial charge in [0.2, 0.25) is 0 Å². The van der Waals surface area contributed by atoms with Crippen LogP contribution in [0.4, 0.5) is 0 Å². The lowest BCUT2D eigenvalue weighted by atomic mass is 9.96. The van der Waals surface area contributed by atoms with E-state index in [2.05, 4.69) is 66.9 Å². The summed E-state index contributed by atoms with van der Waals surface area (Å²) < 4.78 is 29.1. The first-order valence-electron chi connectivity index (χ1n) is 12.5. The number of unbranched alkanes of at least 4 members (excludes halogenated alkanes) is 5. The maximum absolute atomic E-state index is 13.1. The summed E-state index contributed by atoms with van der Waals surface area (Å²) in [5.41, 5.74) is 0. The lowest BCUT2D eigenvalue weighted by Gasteiger charge is -2.09. The van der Waals surface area contributed by atoms with Crippen LogP contribution in [0.25, 0.3) is 52.5 Å². The molecule has 178 valence electrons. The molecule has 0 spiro atoms. The molecule has 2 aromatic heterocycles. The van der Waals surface area contributed by atoms with E-state index in [-0.39, 0.29) is 5.75 Å². The fourth-order valence-corrected chi connectivity index (χ4v) is 9.21. The average molecular weight is 517 g/mol. The van der Waals surface area contributed by atoms with Gasteiger partial charge in [-0.2, -0.15) is 0 Å². The highest BCUT2D eigenvalue weighted by atomic mass is 32.2. The third kappa shape index (κ3) is 4.04. The normalized spacial score (nSPS) is 12.6. The van der Waals surface area contributed by atoms with Crippen molar-refractivity contribution in [3.63, 3.8) is 0 Å². The number of fused-ring (bicyclic) bond motifs is 9. The van der Waals surface area contributed by atoms with Crippen molar-refractivity contribution in [2.45, 2.75) is 49.7 Å². The Hall–Kier alpha value is -2.47. The van der Waals surface area contributed by atoms with Crippen molar-refractivity contribution in [1.82, 2.24) is 0 Å². The maximum atomic E-state index is 13.1. The number of thiophene rings is 2. The summed E-state index contributed by atoms with van der Waals surface area (Å²) >= 11 is 3.23. The van der Waals surface area contributed by atoms with Crippen molar-refractivity contribution in [3.05, 3.63) is 66.0 Å². The SMILES string of the molecule is CCCCCCCCS(=O)(=O)c1cc2ccc3c4ccc5c(ccc6ccsc65)c4ccc3c2s1. The van der Waals surface area contributed by atoms with Crippen molar-refractivity contribution in [2.24, 2.45) is 0 Å². The average Bonchev–Trinajstić information content (AvgIpc) is 3.53. The summed E-state index contributed by atoms with van der Waals surface area (Å²) in [6.45, 7) is 2.20. The third-order valence-corrected chi connectivity index (χ3v) is 11.7.